The zero-order chi connectivity index (χ0) is 22.0. The number of hydrogen-bond donors (Lipinski definition) is 1. The summed E-state index contributed by atoms with van der Waals surface area (Å²) >= 11 is 11.9. The maximum atomic E-state index is 12.7. The summed E-state index contributed by atoms with van der Waals surface area (Å²) in [6, 6.07) is 12.0. The summed E-state index contributed by atoms with van der Waals surface area (Å²) < 4.78 is 0. The number of nitrogens with one attached hydrogen (secondary N) is 1. The average molecular weight is 458 g/mol. The van der Waals surface area contributed by atoms with E-state index in [4.69, 9.17) is 23.2 Å². The van der Waals surface area contributed by atoms with Crippen molar-refractivity contribution in [2.75, 3.05) is 13.1 Å². The van der Waals surface area contributed by atoms with Crippen LogP contribution in [0.3, 0.4) is 0 Å². The van der Waals surface area contributed by atoms with Gasteiger partial charge in [-0.05, 0) is 43.2 Å². The smallest absolute Gasteiger partial charge is 0.258 e. The number of rotatable bonds is 5. The van der Waals surface area contributed by atoms with Gasteiger partial charge in [-0.2, -0.15) is 0 Å². The lowest BCUT2D eigenvalue weighted by Gasteiger charge is -2.31. The molecule has 1 N–H and O–H groups in total. The summed E-state index contributed by atoms with van der Waals surface area (Å²) in [5.41, 5.74) is 0.968. The first-order valence-electron chi connectivity index (χ1n) is 10.2. The maximum Gasteiger partial charge on any atom is 0.258 e. The largest absolute Gasteiger partial charge is 0.343 e. The minimum atomic E-state index is -0.199. The van der Waals surface area contributed by atoms with Gasteiger partial charge < -0.3 is 9.88 Å². The van der Waals surface area contributed by atoms with Gasteiger partial charge in [-0.1, -0.05) is 35.3 Å². The second-order valence-corrected chi connectivity index (χ2v) is 8.49. The predicted octanol–water partition coefficient (Wildman–Crippen LogP) is 4.28. The van der Waals surface area contributed by atoms with Crippen LogP contribution in [0.4, 0.5) is 0 Å². The van der Waals surface area contributed by atoms with Gasteiger partial charge in [0.1, 0.15) is 5.82 Å². The van der Waals surface area contributed by atoms with Gasteiger partial charge in [-0.15, -0.1) is 0 Å². The van der Waals surface area contributed by atoms with E-state index in [0.717, 1.165) is 0 Å². The topological polar surface area (TPSA) is 83.1 Å². The van der Waals surface area contributed by atoms with E-state index < -0.39 is 0 Å². The Morgan fingerprint density at radius 2 is 1.81 bits per heavy atom. The summed E-state index contributed by atoms with van der Waals surface area (Å²) in [5.74, 6) is 0.390. The Labute approximate surface area is 189 Å². The maximum absolute atomic E-state index is 12.7. The molecule has 1 amide bonds. The number of halogens is 2. The van der Waals surface area contributed by atoms with Crippen LogP contribution in [0.1, 0.15) is 35.4 Å². The van der Waals surface area contributed by atoms with Crippen molar-refractivity contribution in [3.05, 3.63) is 74.3 Å². The number of piperidine rings is 1. The number of ketones is 1. The molecule has 0 radical (unpaired) electrons. The van der Waals surface area contributed by atoms with Crippen molar-refractivity contribution in [1.29, 1.82) is 0 Å². The second kappa shape index (κ2) is 9.20. The number of hydrogen-bond acceptors (Lipinski definition) is 4. The monoisotopic (exact) mass is 457 g/mol. The van der Waals surface area contributed by atoms with Gasteiger partial charge in [-0.25, -0.2) is 4.98 Å². The minimum Gasteiger partial charge on any atom is -0.343 e. The van der Waals surface area contributed by atoms with Crippen LogP contribution in [0.25, 0.3) is 10.9 Å². The zero-order valence-electron chi connectivity index (χ0n) is 16.7. The highest BCUT2D eigenvalue weighted by Crippen LogP contribution is 2.27. The number of benzene rings is 2. The van der Waals surface area contributed by atoms with Crippen LogP contribution in [0.2, 0.25) is 10.0 Å². The molecule has 0 aliphatic carbocycles. The van der Waals surface area contributed by atoms with E-state index in [9.17, 15) is 14.4 Å². The van der Waals surface area contributed by atoms with E-state index in [-0.39, 0.29) is 29.6 Å². The van der Waals surface area contributed by atoms with Crippen molar-refractivity contribution >= 4 is 45.8 Å². The van der Waals surface area contributed by atoms with Crippen molar-refractivity contribution in [2.45, 2.75) is 25.7 Å². The Morgan fingerprint density at radius 3 is 2.55 bits per heavy atom. The molecule has 31 heavy (non-hydrogen) atoms. The molecule has 1 fully saturated rings. The number of H-pyrrole nitrogens is 1. The third-order valence-electron chi connectivity index (χ3n) is 5.66. The molecular weight excluding hydrogens is 437 g/mol. The van der Waals surface area contributed by atoms with Gasteiger partial charge in [0.05, 0.1) is 20.9 Å². The number of para-hydroxylation sites is 1. The minimum absolute atomic E-state index is 0.00348. The number of fused-ring (bicyclic) bond motifs is 1. The first-order valence-corrected chi connectivity index (χ1v) is 10.9. The first kappa shape index (κ1) is 21.5. The van der Waals surface area contributed by atoms with Crippen LogP contribution < -0.4 is 5.56 Å². The Morgan fingerprint density at radius 1 is 1.06 bits per heavy atom. The van der Waals surface area contributed by atoms with Crippen LogP contribution in [0, 0.1) is 5.92 Å². The number of aromatic amines is 1. The number of amides is 1. The lowest BCUT2D eigenvalue weighted by atomic mass is 9.89. The fourth-order valence-corrected chi connectivity index (χ4v) is 4.21. The molecule has 4 rings (SSSR count). The third kappa shape index (κ3) is 4.81. The Bertz CT molecular complexity index is 1200. The van der Waals surface area contributed by atoms with Gasteiger partial charge in [-0.3, -0.25) is 14.4 Å². The highest BCUT2D eigenvalue weighted by molar-refractivity contribution is 6.42. The summed E-state index contributed by atoms with van der Waals surface area (Å²) in [5, 5.41) is 1.31. The van der Waals surface area contributed by atoms with E-state index >= 15 is 0 Å². The molecule has 2 heterocycles. The lowest BCUT2D eigenvalue weighted by molar-refractivity contribution is -0.132. The summed E-state index contributed by atoms with van der Waals surface area (Å²) in [7, 11) is 0. The van der Waals surface area contributed by atoms with E-state index in [1.807, 2.05) is 6.07 Å². The van der Waals surface area contributed by atoms with Crippen LogP contribution in [-0.4, -0.2) is 39.6 Å². The SMILES string of the molecule is O=C(c1ccc(Cl)c(Cl)c1)C1CCN(C(=O)CCc2nc3ccccc3c(=O)[nH]2)CC1. The van der Waals surface area contributed by atoms with Gasteiger partial charge in [0.2, 0.25) is 5.91 Å². The molecular formula is C23H21Cl2N3O3. The molecule has 160 valence electrons. The first-order chi connectivity index (χ1) is 14.9. The van der Waals surface area contributed by atoms with E-state index in [1.165, 1.54) is 0 Å². The van der Waals surface area contributed by atoms with Crippen molar-refractivity contribution in [2.24, 2.45) is 5.92 Å². The molecule has 1 aliphatic rings. The number of nitrogens with zero attached hydrogens (tertiary/aromatic N) is 2. The Hall–Kier alpha value is -2.70. The summed E-state index contributed by atoms with van der Waals surface area (Å²) in [4.78, 5) is 46.5. The van der Waals surface area contributed by atoms with E-state index in [1.54, 1.807) is 41.3 Å². The number of aromatic nitrogens is 2. The van der Waals surface area contributed by atoms with Crippen molar-refractivity contribution < 1.29 is 9.59 Å². The normalized spacial score (nSPS) is 14.7. The number of carbonyl (C=O) groups is 2. The van der Waals surface area contributed by atoms with Gasteiger partial charge in [0.25, 0.3) is 5.56 Å². The Kier molecular flexibility index (Phi) is 6.39. The predicted molar refractivity (Wildman–Crippen MR) is 121 cm³/mol. The molecule has 0 atom stereocenters. The molecule has 8 heteroatoms. The number of carbonyl (C=O) groups excluding carboxylic acids is 2. The third-order valence-corrected chi connectivity index (χ3v) is 6.40. The molecule has 2 aromatic carbocycles. The van der Waals surface area contributed by atoms with Crippen molar-refractivity contribution in [1.82, 2.24) is 14.9 Å². The van der Waals surface area contributed by atoms with Gasteiger partial charge in [0, 0.05) is 37.4 Å². The summed E-state index contributed by atoms with van der Waals surface area (Å²) in [6.45, 7) is 1.05. The number of aryl methyl sites for hydroxylation is 1. The standard InChI is InChI=1S/C23H21Cl2N3O3/c24-17-6-5-15(13-18(17)25)22(30)14-9-11-28(12-10-14)21(29)8-7-20-26-19-4-2-1-3-16(19)23(31)27-20/h1-6,13-14H,7-12H2,(H,26,27,31). The highest BCUT2D eigenvalue weighted by atomic mass is 35.5. The fourth-order valence-electron chi connectivity index (χ4n) is 3.91. The second-order valence-electron chi connectivity index (χ2n) is 7.68. The van der Waals surface area contributed by atoms with Crippen LogP contribution in [0.5, 0.6) is 0 Å². The van der Waals surface area contributed by atoms with Crippen LogP contribution in [-0.2, 0) is 11.2 Å². The molecule has 1 aromatic heterocycles. The van der Waals surface area contributed by atoms with Crippen LogP contribution in [0.15, 0.2) is 47.3 Å². The average Bonchev–Trinajstić information content (AvgIpc) is 2.79. The molecule has 0 unspecified atom stereocenters. The molecule has 0 saturated carbocycles. The summed E-state index contributed by atoms with van der Waals surface area (Å²) in [6.07, 6.45) is 1.83. The van der Waals surface area contributed by atoms with Crippen molar-refractivity contribution in [3.63, 3.8) is 0 Å². The van der Waals surface area contributed by atoms with Crippen molar-refractivity contribution in [3.8, 4) is 0 Å². The van der Waals surface area contributed by atoms with Gasteiger partial charge >= 0.3 is 0 Å². The molecule has 1 saturated heterocycles. The molecule has 1 aliphatic heterocycles. The zero-order valence-corrected chi connectivity index (χ0v) is 18.2. The quantitative estimate of drug-likeness (QED) is 0.579. The Balaban J connectivity index is 1.33. The molecule has 0 bridgehead atoms. The van der Waals surface area contributed by atoms with Gasteiger partial charge in [0.15, 0.2) is 5.78 Å². The molecule has 0 spiro atoms. The molecule has 6 nitrogen and oxygen atoms in total. The highest BCUT2D eigenvalue weighted by Gasteiger charge is 2.28. The van der Waals surface area contributed by atoms with Crippen LogP contribution >= 0.6 is 23.2 Å². The van der Waals surface area contributed by atoms with E-state index in [2.05, 4.69) is 9.97 Å². The lowest BCUT2D eigenvalue weighted by Crippen LogP contribution is -2.40. The number of likely N-dealkylation sites (tertiary alicyclic amines) is 1. The number of Topliss-reactive ketones (excluding diaryl/α,β-unsaturated/α-hetero) is 1. The van der Waals surface area contributed by atoms with E-state index in [0.29, 0.717) is 64.7 Å². The fraction of sp³-hybridized carbons (Fsp3) is 0.304. The molecule has 3 aromatic rings.